The van der Waals surface area contributed by atoms with Crippen LogP contribution in [0.4, 0.5) is 17.2 Å². The first kappa shape index (κ1) is 22.8. The van der Waals surface area contributed by atoms with E-state index < -0.39 is 9.84 Å². The molecule has 4 aromatic rings. The number of H-pyrrole nitrogens is 1. The van der Waals surface area contributed by atoms with Crippen LogP contribution in [0.1, 0.15) is 6.92 Å². The van der Waals surface area contributed by atoms with Gasteiger partial charge in [-0.15, -0.1) is 0 Å². The van der Waals surface area contributed by atoms with Crippen molar-refractivity contribution < 1.29 is 13.2 Å². The van der Waals surface area contributed by atoms with E-state index in [1.807, 2.05) is 29.2 Å². The summed E-state index contributed by atoms with van der Waals surface area (Å²) in [5, 5.41) is 10.3. The number of aromatic nitrogens is 4. The van der Waals surface area contributed by atoms with E-state index in [9.17, 15) is 13.2 Å². The monoisotopic (exact) mass is 491 g/mol. The molecular weight excluding hydrogens is 466 g/mol. The number of fused-ring (bicyclic) bond motifs is 1. The molecule has 1 aliphatic rings. The maximum atomic E-state index is 12.0. The van der Waals surface area contributed by atoms with Crippen LogP contribution in [0.2, 0.25) is 0 Å². The minimum atomic E-state index is -3.36. The molecule has 3 heterocycles. The number of carbonyl (C=O) groups is 1. The molecule has 1 amide bonds. The molecule has 10 nitrogen and oxygen atoms in total. The summed E-state index contributed by atoms with van der Waals surface area (Å²) < 4.78 is 24.0. The molecule has 180 valence electrons. The number of piperazine rings is 1. The summed E-state index contributed by atoms with van der Waals surface area (Å²) in [5.74, 6) is 1.04. The molecule has 1 fully saturated rings. The van der Waals surface area contributed by atoms with E-state index in [1.54, 1.807) is 37.4 Å². The van der Waals surface area contributed by atoms with Crippen molar-refractivity contribution in [2.75, 3.05) is 42.7 Å². The first-order valence-electron chi connectivity index (χ1n) is 11.2. The van der Waals surface area contributed by atoms with Crippen LogP contribution in [0.25, 0.3) is 22.4 Å². The number of aromatic amines is 1. The average Bonchev–Trinajstić information content (AvgIpc) is 3.33. The summed E-state index contributed by atoms with van der Waals surface area (Å²) in [6.07, 6.45) is 2.78. The fourth-order valence-electron chi connectivity index (χ4n) is 4.10. The molecule has 1 saturated heterocycles. The molecule has 2 N–H and O–H groups in total. The Hall–Kier alpha value is -3.99. The highest BCUT2D eigenvalue weighted by molar-refractivity contribution is 7.90. The van der Waals surface area contributed by atoms with E-state index in [0.29, 0.717) is 28.2 Å². The number of rotatable bonds is 5. The number of hydrogen-bond donors (Lipinski definition) is 2. The predicted octanol–water partition coefficient (Wildman–Crippen LogP) is 2.84. The van der Waals surface area contributed by atoms with Gasteiger partial charge >= 0.3 is 0 Å². The van der Waals surface area contributed by atoms with E-state index in [-0.39, 0.29) is 10.8 Å². The predicted molar refractivity (Wildman–Crippen MR) is 134 cm³/mol. The zero-order chi connectivity index (χ0) is 24.6. The number of benzene rings is 2. The summed E-state index contributed by atoms with van der Waals surface area (Å²) in [6, 6.07) is 14.6. The Balaban J connectivity index is 1.40. The summed E-state index contributed by atoms with van der Waals surface area (Å²) in [4.78, 5) is 25.1. The Kier molecular flexibility index (Phi) is 5.85. The van der Waals surface area contributed by atoms with Crippen molar-refractivity contribution in [3.63, 3.8) is 0 Å². The summed E-state index contributed by atoms with van der Waals surface area (Å²) >= 11 is 0. The van der Waals surface area contributed by atoms with Crippen LogP contribution >= 0.6 is 0 Å². The standard InChI is InChI=1S/C24H25N7O3S/c1-16(32)30-10-12-31(13-11-30)19-8-6-18(7-9-19)26-24-22-21(15-25-29-22)27-23(28-24)17-4-3-5-20(14-17)35(2,33)34/h3-9,14-15H,10-13H2,1-2H3,(H,25,29)(H,26,27,28). The molecule has 5 rings (SSSR count). The molecule has 0 radical (unpaired) electrons. The second kappa shape index (κ2) is 8.99. The molecule has 2 aromatic carbocycles. The van der Waals surface area contributed by atoms with Crippen molar-refractivity contribution >= 4 is 44.0 Å². The summed E-state index contributed by atoms with van der Waals surface area (Å²) in [7, 11) is -3.36. The fourth-order valence-corrected chi connectivity index (χ4v) is 4.76. The third-order valence-corrected chi connectivity index (χ3v) is 7.15. The van der Waals surface area contributed by atoms with Gasteiger partial charge in [0, 0.05) is 56.3 Å². The van der Waals surface area contributed by atoms with Crippen LogP contribution in [-0.4, -0.2) is 71.8 Å². The van der Waals surface area contributed by atoms with Gasteiger partial charge in [0.1, 0.15) is 11.0 Å². The highest BCUT2D eigenvalue weighted by atomic mass is 32.2. The molecule has 11 heteroatoms. The van der Waals surface area contributed by atoms with E-state index in [4.69, 9.17) is 0 Å². The van der Waals surface area contributed by atoms with Crippen molar-refractivity contribution in [2.45, 2.75) is 11.8 Å². The molecule has 2 aromatic heterocycles. The number of sulfone groups is 1. The van der Waals surface area contributed by atoms with E-state index in [0.717, 1.165) is 37.6 Å². The van der Waals surface area contributed by atoms with Gasteiger partial charge < -0.3 is 15.1 Å². The van der Waals surface area contributed by atoms with Crippen molar-refractivity contribution in [3.8, 4) is 11.4 Å². The van der Waals surface area contributed by atoms with Gasteiger partial charge in [0.2, 0.25) is 5.91 Å². The molecule has 35 heavy (non-hydrogen) atoms. The number of carbonyl (C=O) groups excluding carboxylic acids is 1. The maximum Gasteiger partial charge on any atom is 0.219 e. The SMILES string of the molecule is CC(=O)N1CCN(c2ccc(Nc3nc(-c4cccc(S(C)(=O)=O)c4)nc4cn[nH]c34)cc2)CC1. The molecule has 0 spiro atoms. The number of amides is 1. The highest BCUT2D eigenvalue weighted by Crippen LogP contribution is 2.28. The Morgan fingerprint density at radius 2 is 1.77 bits per heavy atom. The van der Waals surface area contributed by atoms with Crippen molar-refractivity contribution in [1.82, 2.24) is 25.1 Å². The molecule has 0 bridgehead atoms. The van der Waals surface area contributed by atoms with Gasteiger partial charge in [-0.25, -0.2) is 18.4 Å². The zero-order valence-corrected chi connectivity index (χ0v) is 20.2. The van der Waals surface area contributed by atoms with Gasteiger partial charge in [-0.2, -0.15) is 5.10 Å². The number of nitrogens with one attached hydrogen (secondary N) is 2. The molecule has 1 aliphatic heterocycles. The molecule has 0 saturated carbocycles. The van der Waals surface area contributed by atoms with Crippen LogP contribution in [0.3, 0.4) is 0 Å². The largest absolute Gasteiger partial charge is 0.368 e. The van der Waals surface area contributed by atoms with Crippen LogP contribution in [0.15, 0.2) is 59.6 Å². The van der Waals surface area contributed by atoms with Crippen LogP contribution in [-0.2, 0) is 14.6 Å². The highest BCUT2D eigenvalue weighted by Gasteiger charge is 2.19. The second-order valence-electron chi connectivity index (χ2n) is 8.49. The third-order valence-electron chi connectivity index (χ3n) is 6.04. The Morgan fingerprint density at radius 1 is 1.03 bits per heavy atom. The lowest BCUT2D eigenvalue weighted by molar-refractivity contribution is -0.129. The zero-order valence-electron chi connectivity index (χ0n) is 19.4. The number of nitrogens with zero attached hydrogens (tertiary/aromatic N) is 5. The number of anilines is 3. The van der Waals surface area contributed by atoms with Gasteiger partial charge in [-0.1, -0.05) is 12.1 Å². The molecule has 0 atom stereocenters. The van der Waals surface area contributed by atoms with Crippen LogP contribution in [0, 0.1) is 0 Å². The third kappa shape index (κ3) is 4.80. The summed E-state index contributed by atoms with van der Waals surface area (Å²) in [5.41, 5.74) is 3.78. The Morgan fingerprint density at radius 3 is 2.46 bits per heavy atom. The quantitative estimate of drug-likeness (QED) is 0.437. The Labute approximate surface area is 202 Å². The van der Waals surface area contributed by atoms with E-state index in [2.05, 4.69) is 30.4 Å². The number of hydrogen-bond acceptors (Lipinski definition) is 8. The minimum absolute atomic E-state index is 0.113. The lowest BCUT2D eigenvalue weighted by Gasteiger charge is -2.35. The summed E-state index contributed by atoms with van der Waals surface area (Å²) in [6.45, 7) is 4.63. The fraction of sp³-hybridized carbons (Fsp3) is 0.250. The topological polar surface area (TPSA) is 124 Å². The minimum Gasteiger partial charge on any atom is -0.368 e. The van der Waals surface area contributed by atoms with Gasteiger partial charge in [0.15, 0.2) is 21.5 Å². The first-order chi connectivity index (χ1) is 16.8. The average molecular weight is 492 g/mol. The lowest BCUT2D eigenvalue weighted by atomic mass is 10.2. The van der Waals surface area contributed by atoms with Crippen molar-refractivity contribution in [2.24, 2.45) is 0 Å². The first-order valence-corrected chi connectivity index (χ1v) is 13.1. The van der Waals surface area contributed by atoms with Gasteiger partial charge in [0.25, 0.3) is 0 Å². The van der Waals surface area contributed by atoms with Crippen molar-refractivity contribution in [1.29, 1.82) is 0 Å². The van der Waals surface area contributed by atoms with Crippen LogP contribution < -0.4 is 10.2 Å². The van der Waals surface area contributed by atoms with Gasteiger partial charge in [-0.3, -0.25) is 9.89 Å². The normalized spacial score (nSPS) is 14.3. The van der Waals surface area contributed by atoms with E-state index in [1.165, 1.54) is 6.26 Å². The maximum absolute atomic E-state index is 12.0. The van der Waals surface area contributed by atoms with Gasteiger partial charge in [0.05, 0.1) is 11.1 Å². The second-order valence-corrected chi connectivity index (χ2v) is 10.5. The molecular formula is C24H25N7O3S. The smallest absolute Gasteiger partial charge is 0.219 e. The molecule has 0 unspecified atom stereocenters. The van der Waals surface area contributed by atoms with Crippen molar-refractivity contribution in [3.05, 3.63) is 54.7 Å². The van der Waals surface area contributed by atoms with Crippen LogP contribution in [0.5, 0.6) is 0 Å². The Bertz CT molecular complexity index is 1490. The molecule has 0 aliphatic carbocycles. The van der Waals surface area contributed by atoms with Gasteiger partial charge in [-0.05, 0) is 36.4 Å². The lowest BCUT2D eigenvalue weighted by Crippen LogP contribution is -2.48. The van der Waals surface area contributed by atoms with E-state index >= 15 is 0 Å².